The van der Waals surface area contributed by atoms with E-state index in [-0.39, 0.29) is 5.75 Å². The van der Waals surface area contributed by atoms with Gasteiger partial charge in [-0.3, -0.25) is 4.40 Å². The summed E-state index contributed by atoms with van der Waals surface area (Å²) in [4.78, 5) is 4.81. The number of phenolic OH excluding ortho intramolecular Hbond substituents is 1. The molecule has 0 fully saturated rings. The van der Waals surface area contributed by atoms with Crippen LogP contribution in [0, 0.1) is 6.92 Å². The van der Waals surface area contributed by atoms with Gasteiger partial charge in [-0.15, -0.1) is 0 Å². The molecule has 5 rings (SSSR count). The van der Waals surface area contributed by atoms with Crippen molar-refractivity contribution in [2.24, 2.45) is 0 Å². The number of aryl methyl sites for hydroxylation is 1. The third-order valence-corrected chi connectivity index (χ3v) is 4.81. The van der Waals surface area contributed by atoms with Crippen LogP contribution in [0.25, 0.3) is 16.9 Å². The third kappa shape index (κ3) is 2.70. The van der Waals surface area contributed by atoms with Crippen LogP contribution >= 0.6 is 0 Å². The van der Waals surface area contributed by atoms with Crippen LogP contribution in [-0.2, 0) is 0 Å². The lowest BCUT2D eigenvalue weighted by molar-refractivity contribution is 0.171. The summed E-state index contributed by atoms with van der Waals surface area (Å²) in [5.74, 6) is 2.42. The second-order valence-corrected chi connectivity index (χ2v) is 6.69. The van der Waals surface area contributed by atoms with Gasteiger partial charge in [-0.25, -0.2) is 4.98 Å². The lowest BCUT2D eigenvalue weighted by atomic mass is 10.1. The van der Waals surface area contributed by atoms with E-state index in [4.69, 9.17) is 14.5 Å². The van der Waals surface area contributed by atoms with Gasteiger partial charge in [0, 0.05) is 23.5 Å². The molecule has 2 aromatic heterocycles. The lowest BCUT2D eigenvalue weighted by Crippen LogP contribution is -2.15. The van der Waals surface area contributed by atoms with Gasteiger partial charge in [0.1, 0.15) is 36.1 Å². The smallest absolute Gasteiger partial charge is 0.163 e. The summed E-state index contributed by atoms with van der Waals surface area (Å²) in [6.45, 7) is 3.11. The number of rotatable bonds is 3. The normalized spacial score (nSPS) is 12.9. The fourth-order valence-corrected chi connectivity index (χ4v) is 3.44. The van der Waals surface area contributed by atoms with Gasteiger partial charge in [0.05, 0.1) is 0 Å². The molecule has 0 saturated carbocycles. The van der Waals surface area contributed by atoms with Crippen molar-refractivity contribution in [2.75, 3.05) is 18.5 Å². The summed E-state index contributed by atoms with van der Waals surface area (Å²) in [7, 11) is 0. The Morgan fingerprint density at radius 2 is 1.82 bits per heavy atom. The Morgan fingerprint density at radius 3 is 2.68 bits per heavy atom. The Kier molecular flexibility index (Phi) is 3.83. The molecule has 0 bridgehead atoms. The first-order valence-electron chi connectivity index (χ1n) is 9.13. The molecule has 0 saturated heterocycles. The first kappa shape index (κ1) is 16.5. The highest BCUT2D eigenvalue weighted by molar-refractivity contribution is 5.83. The quantitative estimate of drug-likeness (QED) is 0.552. The van der Waals surface area contributed by atoms with Crippen molar-refractivity contribution in [3.05, 3.63) is 66.4 Å². The molecule has 2 aromatic carbocycles. The maximum absolute atomic E-state index is 10.4. The Balaban J connectivity index is 1.67. The Hall–Kier alpha value is -3.67. The minimum atomic E-state index is 0.189. The van der Waals surface area contributed by atoms with E-state index < -0.39 is 0 Å². The molecule has 0 unspecified atom stereocenters. The van der Waals surface area contributed by atoms with E-state index in [1.54, 1.807) is 12.1 Å². The summed E-state index contributed by atoms with van der Waals surface area (Å²) >= 11 is 0. The highest BCUT2D eigenvalue weighted by atomic mass is 16.6. The monoisotopic (exact) mass is 373 g/mol. The summed E-state index contributed by atoms with van der Waals surface area (Å²) in [5, 5.41) is 13.8. The summed E-state index contributed by atoms with van der Waals surface area (Å²) in [5.41, 5.74) is 4.09. The number of aromatic nitrogens is 2. The van der Waals surface area contributed by atoms with Gasteiger partial charge in [-0.1, -0.05) is 18.2 Å². The van der Waals surface area contributed by atoms with Crippen molar-refractivity contribution < 1.29 is 14.6 Å². The van der Waals surface area contributed by atoms with Crippen LogP contribution in [0.15, 0.2) is 60.8 Å². The number of fused-ring (bicyclic) bond motifs is 2. The van der Waals surface area contributed by atoms with Crippen molar-refractivity contribution in [2.45, 2.75) is 6.92 Å². The van der Waals surface area contributed by atoms with Gasteiger partial charge in [-0.05, 0) is 42.8 Å². The predicted molar refractivity (Wildman–Crippen MR) is 108 cm³/mol. The van der Waals surface area contributed by atoms with Gasteiger partial charge in [0.25, 0.3) is 0 Å². The van der Waals surface area contributed by atoms with E-state index in [1.165, 1.54) is 0 Å². The first-order valence-corrected chi connectivity index (χ1v) is 9.13. The molecule has 6 nitrogen and oxygen atoms in total. The standard InChI is InChI=1S/C22H19N3O3/c1-14-5-4-10-25-21(14)24-20(16-6-2-3-7-17(16)26)22(25)23-15-8-9-18-19(13-15)28-12-11-27-18/h2-10,13,23,26H,11-12H2,1H3. The molecule has 6 heteroatoms. The van der Waals surface area contributed by atoms with E-state index >= 15 is 0 Å². The second-order valence-electron chi connectivity index (χ2n) is 6.69. The van der Waals surface area contributed by atoms with Crippen LogP contribution in [0.1, 0.15) is 5.56 Å². The van der Waals surface area contributed by atoms with Crippen LogP contribution in [0.3, 0.4) is 0 Å². The molecule has 2 N–H and O–H groups in total. The van der Waals surface area contributed by atoms with Gasteiger partial charge >= 0.3 is 0 Å². The molecule has 0 spiro atoms. The van der Waals surface area contributed by atoms with E-state index in [0.29, 0.717) is 30.2 Å². The van der Waals surface area contributed by atoms with Crippen molar-refractivity contribution in [1.82, 2.24) is 9.38 Å². The molecule has 0 aliphatic carbocycles. The third-order valence-electron chi connectivity index (χ3n) is 4.81. The highest BCUT2D eigenvalue weighted by Gasteiger charge is 2.19. The van der Waals surface area contributed by atoms with Gasteiger partial charge < -0.3 is 19.9 Å². The number of imidazole rings is 1. The van der Waals surface area contributed by atoms with Crippen LogP contribution in [0.5, 0.6) is 17.2 Å². The van der Waals surface area contributed by atoms with Crippen molar-refractivity contribution >= 4 is 17.2 Å². The minimum Gasteiger partial charge on any atom is -0.507 e. The topological polar surface area (TPSA) is 68.0 Å². The molecule has 1 aliphatic heterocycles. The number of anilines is 2. The maximum Gasteiger partial charge on any atom is 0.163 e. The number of nitrogens with one attached hydrogen (secondary N) is 1. The zero-order valence-electron chi connectivity index (χ0n) is 15.3. The summed E-state index contributed by atoms with van der Waals surface area (Å²) < 4.78 is 13.3. The zero-order chi connectivity index (χ0) is 19.1. The average molecular weight is 373 g/mol. The van der Waals surface area contributed by atoms with Gasteiger partial charge in [0.15, 0.2) is 11.5 Å². The largest absolute Gasteiger partial charge is 0.507 e. The SMILES string of the molecule is Cc1cccn2c(Nc3ccc4c(c3)OCCO4)c(-c3ccccc3O)nc12. The van der Waals surface area contributed by atoms with Crippen LogP contribution in [0.4, 0.5) is 11.5 Å². The molecule has 0 atom stereocenters. The highest BCUT2D eigenvalue weighted by Crippen LogP contribution is 2.38. The number of ether oxygens (including phenoxy) is 2. The second kappa shape index (κ2) is 6.49. The number of phenols is 1. The number of benzene rings is 2. The maximum atomic E-state index is 10.4. The molecule has 0 amide bonds. The number of para-hydroxylation sites is 1. The molecule has 1 aliphatic rings. The summed E-state index contributed by atoms with van der Waals surface area (Å²) in [6, 6.07) is 17.0. The van der Waals surface area contributed by atoms with Crippen LogP contribution < -0.4 is 14.8 Å². The lowest BCUT2D eigenvalue weighted by Gasteiger charge is -2.19. The molecule has 3 heterocycles. The molecule has 28 heavy (non-hydrogen) atoms. The van der Waals surface area contributed by atoms with Gasteiger partial charge in [-0.2, -0.15) is 0 Å². The molecule has 4 aromatic rings. The molecule has 0 radical (unpaired) electrons. The predicted octanol–water partition coefficient (Wildman–Crippen LogP) is 4.53. The molecular weight excluding hydrogens is 354 g/mol. The van der Waals surface area contributed by atoms with E-state index in [0.717, 1.165) is 28.5 Å². The van der Waals surface area contributed by atoms with Crippen LogP contribution in [0.2, 0.25) is 0 Å². The number of pyridine rings is 1. The van der Waals surface area contributed by atoms with Crippen molar-refractivity contribution in [3.63, 3.8) is 0 Å². The molecule has 140 valence electrons. The Morgan fingerprint density at radius 1 is 1.00 bits per heavy atom. The first-order chi connectivity index (χ1) is 13.7. The minimum absolute atomic E-state index is 0.189. The molecular formula is C22H19N3O3. The number of nitrogens with zero attached hydrogens (tertiary/aromatic N) is 2. The fraction of sp³-hybridized carbons (Fsp3) is 0.136. The van der Waals surface area contributed by atoms with Crippen molar-refractivity contribution in [1.29, 1.82) is 0 Å². The number of hydrogen-bond acceptors (Lipinski definition) is 5. The average Bonchev–Trinajstić information content (AvgIpc) is 3.08. The van der Waals surface area contributed by atoms with Crippen LogP contribution in [-0.4, -0.2) is 27.7 Å². The van der Waals surface area contributed by atoms with Gasteiger partial charge in [0.2, 0.25) is 0 Å². The number of hydrogen-bond donors (Lipinski definition) is 2. The van der Waals surface area contributed by atoms with E-state index in [9.17, 15) is 5.11 Å². The number of aromatic hydroxyl groups is 1. The zero-order valence-corrected chi connectivity index (χ0v) is 15.3. The van der Waals surface area contributed by atoms with E-state index in [2.05, 4.69) is 5.32 Å². The Labute approximate surface area is 162 Å². The van der Waals surface area contributed by atoms with E-state index in [1.807, 2.05) is 60.0 Å². The van der Waals surface area contributed by atoms with Crippen molar-refractivity contribution in [3.8, 4) is 28.5 Å². The Bertz CT molecular complexity index is 1180. The fourth-order valence-electron chi connectivity index (χ4n) is 3.44. The summed E-state index contributed by atoms with van der Waals surface area (Å²) in [6.07, 6.45) is 1.96.